The number of nitrogens with zero attached hydrogens (tertiary/aromatic N) is 1. The Labute approximate surface area is 148 Å². The summed E-state index contributed by atoms with van der Waals surface area (Å²) >= 11 is 5.46. The van der Waals surface area contributed by atoms with E-state index >= 15 is 0 Å². The van der Waals surface area contributed by atoms with Gasteiger partial charge < -0.3 is 10.2 Å². The van der Waals surface area contributed by atoms with Crippen molar-refractivity contribution in [3.63, 3.8) is 0 Å². The molecule has 0 aliphatic heterocycles. The van der Waals surface area contributed by atoms with Crippen LogP contribution in [-0.2, 0) is 10.0 Å². The Kier molecular flexibility index (Phi) is 5.58. The molecule has 24 heavy (non-hydrogen) atoms. The second-order valence-electron chi connectivity index (χ2n) is 5.70. The monoisotopic (exact) mass is 363 g/mol. The maximum Gasteiger partial charge on any atom is 0.238 e. The molecule has 0 saturated carbocycles. The molecule has 0 fully saturated rings. The topological polar surface area (TPSA) is 75.4 Å². The molecule has 0 spiro atoms. The minimum absolute atomic E-state index is 0.0238. The number of thiocarbonyl (C=S) groups is 1. The molecule has 2 rings (SSSR count). The van der Waals surface area contributed by atoms with Crippen LogP contribution in [0.25, 0.3) is 0 Å². The molecule has 7 heteroatoms. The van der Waals surface area contributed by atoms with Crippen molar-refractivity contribution in [2.24, 2.45) is 5.14 Å². The second-order valence-corrected chi connectivity index (χ2v) is 7.65. The summed E-state index contributed by atoms with van der Waals surface area (Å²) in [6.45, 7) is 4.02. The van der Waals surface area contributed by atoms with Gasteiger partial charge in [-0.25, -0.2) is 13.6 Å². The van der Waals surface area contributed by atoms with Gasteiger partial charge in [0.15, 0.2) is 5.11 Å². The summed E-state index contributed by atoms with van der Waals surface area (Å²) in [4.78, 5) is 2.02. The zero-order valence-corrected chi connectivity index (χ0v) is 15.5. The molecule has 0 radical (unpaired) electrons. The van der Waals surface area contributed by atoms with Gasteiger partial charge in [0.1, 0.15) is 0 Å². The second kappa shape index (κ2) is 7.29. The van der Waals surface area contributed by atoms with Gasteiger partial charge in [-0.05, 0) is 61.5 Å². The lowest BCUT2D eigenvalue weighted by molar-refractivity contribution is 0.408. The number of aryl methyl sites for hydroxylation is 1. The molecule has 0 aliphatic carbocycles. The highest BCUT2D eigenvalue weighted by Crippen LogP contribution is 2.21. The van der Waals surface area contributed by atoms with Crippen molar-refractivity contribution in [3.8, 4) is 0 Å². The summed E-state index contributed by atoms with van der Waals surface area (Å²) in [5.74, 6) is 0. The van der Waals surface area contributed by atoms with Gasteiger partial charge in [-0.2, -0.15) is 0 Å². The third-order valence-electron chi connectivity index (χ3n) is 3.86. The van der Waals surface area contributed by atoms with Gasteiger partial charge in [0.2, 0.25) is 10.0 Å². The van der Waals surface area contributed by atoms with E-state index < -0.39 is 10.0 Å². The fourth-order valence-electron chi connectivity index (χ4n) is 2.27. The van der Waals surface area contributed by atoms with E-state index in [4.69, 9.17) is 17.4 Å². The number of nitrogens with one attached hydrogen (secondary N) is 1. The number of hydrogen-bond donors (Lipinski definition) is 2. The van der Waals surface area contributed by atoms with E-state index in [1.807, 2.05) is 50.1 Å². The van der Waals surface area contributed by atoms with Crippen LogP contribution in [0, 0.1) is 6.92 Å². The number of benzene rings is 2. The minimum Gasteiger partial charge on any atom is -0.345 e. The van der Waals surface area contributed by atoms with Crippen molar-refractivity contribution in [1.82, 2.24) is 4.90 Å². The Balaban J connectivity index is 2.10. The Morgan fingerprint density at radius 1 is 1.21 bits per heavy atom. The first kappa shape index (κ1) is 18.4. The molecule has 0 amide bonds. The van der Waals surface area contributed by atoms with Crippen LogP contribution in [0.2, 0.25) is 0 Å². The van der Waals surface area contributed by atoms with Crippen molar-refractivity contribution in [2.75, 3.05) is 12.4 Å². The molecule has 2 aromatic carbocycles. The SMILES string of the molecule is Cc1cccc(NC(=S)N(C)C(C)c2ccc(S(N)(=O)=O)cc2)c1. The van der Waals surface area contributed by atoms with E-state index in [-0.39, 0.29) is 10.9 Å². The average molecular weight is 364 g/mol. The van der Waals surface area contributed by atoms with Gasteiger partial charge in [-0.3, -0.25) is 0 Å². The zero-order chi connectivity index (χ0) is 17.9. The van der Waals surface area contributed by atoms with Gasteiger partial charge in [-0.15, -0.1) is 0 Å². The average Bonchev–Trinajstić information content (AvgIpc) is 2.52. The van der Waals surface area contributed by atoms with Crippen LogP contribution >= 0.6 is 12.2 Å². The van der Waals surface area contributed by atoms with Crippen LogP contribution < -0.4 is 10.5 Å². The normalized spacial score (nSPS) is 12.5. The summed E-state index contributed by atoms with van der Waals surface area (Å²) in [6, 6.07) is 14.4. The highest BCUT2D eigenvalue weighted by Gasteiger charge is 2.16. The quantitative estimate of drug-likeness (QED) is 0.817. The van der Waals surface area contributed by atoms with Crippen LogP contribution in [0.3, 0.4) is 0 Å². The third-order valence-corrected chi connectivity index (χ3v) is 5.18. The number of sulfonamides is 1. The van der Waals surface area contributed by atoms with E-state index in [1.54, 1.807) is 12.1 Å². The number of rotatable bonds is 4. The largest absolute Gasteiger partial charge is 0.345 e. The first-order valence-corrected chi connectivity index (χ1v) is 9.37. The standard InChI is InChI=1S/C17H21N3O2S2/c1-12-5-4-6-15(11-12)19-17(23)20(3)13(2)14-7-9-16(10-8-14)24(18,21)22/h4-11,13H,1-3H3,(H,19,23)(H2,18,21,22). The fraction of sp³-hybridized carbons (Fsp3) is 0.235. The minimum atomic E-state index is -3.68. The van der Waals surface area contributed by atoms with Gasteiger partial charge in [0.25, 0.3) is 0 Å². The van der Waals surface area contributed by atoms with Crippen LogP contribution in [0.1, 0.15) is 24.1 Å². The van der Waals surface area contributed by atoms with Gasteiger partial charge in [-0.1, -0.05) is 24.3 Å². The lowest BCUT2D eigenvalue weighted by atomic mass is 10.1. The summed E-state index contributed by atoms with van der Waals surface area (Å²) in [7, 11) is -1.79. The molecule has 5 nitrogen and oxygen atoms in total. The summed E-state index contributed by atoms with van der Waals surface area (Å²) < 4.78 is 22.6. The molecule has 128 valence electrons. The molecule has 1 unspecified atom stereocenters. The van der Waals surface area contributed by atoms with Crippen molar-refractivity contribution < 1.29 is 8.42 Å². The number of anilines is 1. The Morgan fingerprint density at radius 2 is 1.83 bits per heavy atom. The smallest absolute Gasteiger partial charge is 0.238 e. The zero-order valence-electron chi connectivity index (χ0n) is 13.9. The Morgan fingerprint density at radius 3 is 2.38 bits per heavy atom. The summed E-state index contributed by atoms with van der Waals surface area (Å²) in [5, 5.41) is 8.92. The van der Waals surface area contributed by atoms with Gasteiger partial charge in [0.05, 0.1) is 10.9 Å². The van der Waals surface area contributed by atoms with Crippen molar-refractivity contribution in [2.45, 2.75) is 24.8 Å². The first-order chi connectivity index (χ1) is 11.2. The summed E-state index contributed by atoms with van der Waals surface area (Å²) in [5.41, 5.74) is 3.03. The molecule has 0 heterocycles. The van der Waals surface area contributed by atoms with Crippen LogP contribution in [0.15, 0.2) is 53.4 Å². The maximum atomic E-state index is 11.3. The lowest BCUT2D eigenvalue weighted by Crippen LogP contribution is -2.33. The molecule has 0 bridgehead atoms. The van der Waals surface area contributed by atoms with Crippen LogP contribution in [0.5, 0.6) is 0 Å². The van der Waals surface area contributed by atoms with E-state index in [9.17, 15) is 8.42 Å². The van der Waals surface area contributed by atoms with E-state index in [1.165, 1.54) is 12.1 Å². The molecular weight excluding hydrogens is 342 g/mol. The molecule has 0 aromatic heterocycles. The molecule has 0 saturated heterocycles. The van der Waals surface area contributed by atoms with E-state index in [2.05, 4.69) is 5.32 Å². The predicted octanol–water partition coefficient (Wildman–Crippen LogP) is 3.03. The van der Waals surface area contributed by atoms with Crippen molar-refractivity contribution in [3.05, 3.63) is 59.7 Å². The molecule has 0 aliphatic rings. The highest BCUT2D eigenvalue weighted by molar-refractivity contribution is 7.89. The van der Waals surface area contributed by atoms with Crippen LogP contribution in [-0.4, -0.2) is 25.5 Å². The predicted molar refractivity (Wildman–Crippen MR) is 101 cm³/mol. The van der Waals surface area contributed by atoms with E-state index in [0.29, 0.717) is 5.11 Å². The van der Waals surface area contributed by atoms with E-state index in [0.717, 1.165) is 16.8 Å². The third kappa shape index (κ3) is 4.53. The van der Waals surface area contributed by atoms with Crippen molar-refractivity contribution in [1.29, 1.82) is 0 Å². The summed E-state index contributed by atoms with van der Waals surface area (Å²) in [6.07, 6.45) is 0. The van der Waals surface area contributed by atoms with Gasteiger partial charge in [0, 0.05) is 12.7 Å². The molecule has 2 aromatic rings. The highest BCUT2D eigenvalue weighted by atomic mass is 32.2. The first-order valence-electron chi connectivity index (χ1n) is 7.42. The molecule has 1 atom stereocenters. The number of hydrogen-bond acceptors (Lipinski definition) is 3. The maximum absolute atomic E-state index is 11.3. The molecule has 3 N–H and O–H groups in total. The van der Waals surface area contributed by atoms with Crippen molar-refractivity contribution >= 4 is 33.0 Å². The molecular formula is C17H21N3O2S2. The Hall–Kier alpha value is -1.96. The van der Waals surface area contributed by atoms with Gasteiger partial charge >= 0.3 is 0 Å². The van der Waals surface area contributed by atoms with Crippen LogP contribution in [0.4, 0.5) is 5.69 Å². The fourth-order valence-corrected chi connectivity index (χ4v) is 3.06. The number of primary sulfonamides is 1. The number of nitrogens with two attached hydrogens (primary N) is 1. The Bertz CT molecular complexity index is 833. The lowest BCUT2D eigenvalue weighted by Gasteiger charge is -2.28.